The van der Waals surface area contributed by atoms with E-state index in [-0.39, 0.29) is 24.5 Å². The minimum absolute atomic E-state index is 0.0600. The van der Waals surface area contributed by atoms with Crippen LogP contribution in [0.5, 0.6) is 0 Å². The van der Waals surface area contributed by atoms with E-state index in [4.69, 9.17) is 0 Å². The van der Waals surface area contributed by atoms with Crippen molar-refractivity contribution in [1.82, 2.24) is 25.0 Å². The highest BCUT2D eigenvalue weighted by Crippen LogP contribution is 2.25. The van der Waals surface area contributed by atoms with Crippen molar-refractivity contribution < 1.29 is 14.7 Å². The van der Waals surface area contributed by atoms with Gasteiger partial charge in [-0.1, -0.05) is 48.5 Å². The second-order valence-corrected chi connectivity index (χ2v) is 9.25. The third-order valence-electron chi connectivity index (χ3n) is 6.94. The highest BCUT2D eigenvalue weighted by atomic mass is 16.3. The van der Waals surface area contributed by atoms with E-state index in [9.17, 15) is 14.7 Å². The molecule has 0 saturated carbocycles. The van der Waals surface area contributed by atoms with Crippen LogP contribution in [-0.2, 0) is 30.7 Å². The molecule has 2 aromatic heterocycles. The van der Waals surface area contributed by atoms with Gasteiger partial charge in [0.2, 0.25) is 5.91 Å². The van der Waals surface area contributed by atoms with Gasteiger partial charge in [-0.25, -0.2) is 0 Å². The maximum atomic E-state index is 13.2. The molecule has 186 valence electrons. The zero-order chi connectivity index (χ0) is 25.1. The second kappa shape index (κ2) is 10.4. The SMILES string of the molecule is C[C@@H](NC(=O)c1nn(CCO)c2c1CN(C(=O)CCc1c[nH]c3ccccc13)CC2)c1ccccc1. The van der Waals surface area contributed by atoms with Gasteiger partial charge in [0, 0.05) is 54.3 Å². The number of nitrogens with one attached hydrogen (secondary N) is 2. The smallest absolute Gasteiger partial charge is 0.272 e. The number of rotatable bonds is 8. The molecule has 0 saturated heterocycles. The third kappa shape index (κ3) is 4.77. The Morgan fingerprint density at radius 2 is 1.92 bits per heavy atom. The Labute approximate surface area is 209 Å². The quantitative estimate of drug-likeness (QED) is 0.356. The van der Waals surface area contributed by atoms with E-state index in [1.807, 2.05) is 66.6 Å². The first kappa shape index (κ1) is 23.8. The van der Waals surface area contributed by atoms with Gasteiger partial charge in [-0.3, -0.25) is 14.3 Å². The topological polar surface area (TPSA) is 103 Å². The molecule has 0 radical (unpaired) electrons. The number of H-pyrrole nitrogens is 1. The Balaban J connectivity index is 1.31. The molecule has 3 N–H and O–H groups in total. The average molecular weight is 486 g/mol. The summed E-state index contributed by atoms with van der Waals surface area (Å²) in [6.07, 6.45) is 3.62. The number of amides is 2. The minimum Gasteiger partial charge on any atom is -0.394 e. The lowest BCUT2D eigenvalue weighted by Gasteiger charge is -2.28. The Bertz CT molecular complexity index is 1370. The van der Waals surface area contributed by atoms with Crippen LogP contribution >= 0.6 is 0 Å². The van der Waals surface area contributed by atoms with Crippen molar-refractivity contribution in [1.29, 1.82) is 0 Å². The number of aryl methyl sites for hydroxylation is 1. The van der Waals surface area contributed by atoms with E-state index < -0.39 is 0 Å². The van der Waals surface area contributed by atoms with Gasteiger partial charge in [0.1, 0.15) is 0 Å². The standard InChI is InChI=1S/C28H31N5O3/c1-19(20-7-3-2-4-8-20)30-28(36)27-23-18-32(14-13-25(23)33(31-27)15-16-34)26(35)12-11-21-17-29-24-10-6-5-9-22(21)24/h2-10,17,19,29,34H,11-16,18H2,1H3,(H,30,36)/t19-/m1/s1. The Hall–Kier alpha value is -3.91. The molecule has 36 heavy (non-hydrogen) atoms. The summed E-state index contributed by atoms with van der Waals surface area (Å²) in [7, 11) is 0. The van der Waals surface area contributed by atoms with E-state index in [2.05, 4.69) is 21.5 Å². The summed E-state index contributed by atoms with van der Waals surface area (Å²) in [4.78, 5) is 31.5. The molecule has 1 atom stereocenters. The largest absolute Gasteiger partial charge is 0.394 e. The summed E-state index contributed by atoms with van der Waals surface area (Å²) < 4.78 is 1.71. The predicted octanol–water partition coefficient (Wildman–Crippen LogP) is 3.37. The van der Waals surface area contributed by atoms with Crippen molar-refractivity contribution in [3.05, 3.63) is 88.9 Å². The lowest BCUT2D eigenvalue weighted by Crippen LogP contribution is -2.37. The van der Waals surface area contributed by atoms with Gasteiger partial charge in [0.15, 0.2) is 5.69 Å². The van der Waals surface area contributed by atoms with Crippen LogP contribution in [-0.4, -0.2) is 49.7 Å². The van der Waals surface area contributed by atoms with Crippen molar-refractivity contribution in [2.45, 2.75) is 45.3 Å². The molecule has 0 fully saturated rings. The maximum absolute atomic E-state index is 13.2. The zero-order valence-corrected chi connectivity index (χ0v) is 20.4. The van der Waals surface area contributed by atoms with Crippen LogP contribution in [0.3, 0.4) is 0 Å². The minimum atomic E-state index is -0.271. The molecular weight excluding hydrogens is 454 g/mol. The lowest BCUT2D eigenvalue weighted by molar-refractivity contribution is -0.132. The van der Waals surface area contributed by atoms with E-state index in [1.165, 1.54) is 0 Å². The fourth-order valence-corrected chi connectivity index (χ4v) is 4.99. The summed E-state index contributed by atoms with van der Waals surface area (Å²) in [5.41, 5.74) is 5.22. The fraction of sp³-hybridized carbons (Fsp3) is 0.321. The molecular formula is C28H31N5O3. The van der Waals surface area contributed by atoms with Crippen molar-refractivity contribution in [2.75, 3.05) is 13.2 Å². The molecule has 4 aromatic rings. The van der Waals surface area contributed by atoms with Crippen molar-refractivity contribution >= 4 is 22.7 Å². The van der Waals surface area contributed by atoms with E-state index in [1.54, 1.807) is 4.68 Å². The Morgan fingerprint density at radius 3 is 2.72 bits per heavy atom. The number of hydrogen-bond acceptors (Lipinski definition) is 4. The summed E-state index contributed by atoms with van der Waals surface area (Å²) in [6, 6.07) is 17.7. The van der Waals surface area contributed by atoms with Gasteiger partial charge in [0.25, 0.3) is 5.91 Å². The highest BCUT2D eigenvalue weighted by molar-refractivity contribution is 5.94. The molecule has 1 aliphatic heterocycles. The fourth-order valence-electron chi connectivity index (χ4n) is 4.99. The van der Waals surface area contributed by atoms with Crippen LogP contribution in [0.1, 0.15) is 52.3 Å². The van der Waals surface area contributed by atoms with Gasteiger partial charge >= 0.3 is 0 Å². The van der Waals surface area contributed by atoms with Gasteiger partial charge < -0.3 is 20.3 Å². The molecule has 2 aromatic carbocycles. The molecule has 3 heterocycles. The molecule has 8 nitrogen and oxygen atoms in total. The van der Waals surface area contributed by atoms with E-state index in [0.29, 0.717) is 44.6 Å². The van der Waals surface area contributed by atoms with Crippen LogP contribution in [0.15, 0.2) is 60.8 Å². The predicted molar refractivity (Wildman–Crippen MR) is 137 cm³/mol. The summed E-state index contributed by atoms with van der Waals surface area (Å²) in [5.74, 6) is -0.211. The molecule has 5 rings (SSSR count). The summed E-state index contributed by atoms with van der Waals surface area (Å²) in [6.45, 7) is 3.10. The molecule has 0 bridgehead atoms. The van der Waals surface area contributed by atoms with Crippen molar-refractivity contribution in [3.8, 4) is 0 Å². The lowest BCUT2D eigenvalue weighted by atomic mass is 10.0. The number of carbonyl (C=O) groups excluding carboxylic acids is 2. The summed E-state index contributed by atoms with van der Waals surface area (Å²) in [5, 5.41) is 18.2. The highest BCUT2D eigenvalue weighted by Gasteiger charge is 2.30. The van der Waals surface area contributed by atoms with Crippen molar-refractivity contribution in [3.63, 3.8) is 0 Å². The number of aromatic amines is 1. The normalized spacial score (nSPS) is 14.0. The number of nitrogens with zero attached hydrogens (tertiary/aromatic N) is 3. The van der Waals surface area contributed by atoms with Crippen molar-refractivity contribution in [2.24, 2.45) is 0 Å². The maximum Gasteiger partial charge on any atom is 0.272 e. The number of aliphatic hydroxyl groups is 1. The second-order valence-electron chi connectivity index (χ2n) is 9.25. The van der Waals surface area contributed by atoms with E-state index >= 15 is 0 Å². The Kier molecular flexibility index (Phi) is 6.86. The number of aliphatic hydroxyl groups excluding tert-OH is 1. The molecule has 8 heteroatoms. The van der Waals surface area contributed by atoms with Gasteiger partial charge in [-0.15, -0.1) is 0 Å². The zero-order valence-electron chi connectivity index (χ0n) is 20.4. The summed E-state index contributed by atoms with van der Waals surface area (Å²) >= 11 is 0. The average Bonchev–Trinajstić information content (AvgIpc) is 3.49. The third-order valence-corrected chi connectivity index (χ3v) is 6.94. The number of carbonyl (C=O) groups is 2. The van der Waals surface area contributed by atoms with Crippen LogP contribution in [0, 0.1) is 0 Å². The molecule has 0 aliphatic carbocycles. The number of aromatic nitrogens is 3. The van der Waals surface area contributed by atoms with Gasteiger partial charge in [-0.05, 0) is 30.5 Å². The first-order valence-electron chi connectivity index (χ1n) is 12.4. The number of fused-ring (bicyclic) bond motifs is 2. The van der Waals surface area contributed by atoms with Crippen LogP contribution < -0.4 is 5.32 Å². The van der Waals surface area contributed by atoms with E-state index in [0.717, 1.165) is 33.3 Å². The molecule has 0 spiro atoms. The molecule has 1 aliphatic rings. The number of para-hydroxylation sites is 1. The molecule has 2 amide bonds. The van der Waals surface area contributed by atoms with Gasteiger partial charge in [0.05, 0.1) is 19.2 Å². The van der Waals surface area contributed by atoms with Crippen LogP contribution in [0.4, 0.5) is 0 Å². The first-order chi connectivity index (χ1) is 17.5. The monoisotopic (exact) mass is 485 g/mol. The number of hydrogen-bond donors (Lipinski definition) is 3. The Morgan fingerprint density at radius 1 is 1.14 bits per heavy atom. The molecule has 0 unspecified atom stereocenters. The van der Waals surface area contributed by atoms with Crippen LogP contribution in [0.2, 0.25) is 0 Å². The first-order valence-corrected chi connectivity index (χ1v) is 12.4. The van der Waals surface area contributed by atoms with Crippen LogP contribution in [0.25, 0.3) is 10.9 Å². The number of benzene rings is 2. The van der Waals surface area contributed by atoms with Gasteiger partial charge in [-0.2, -0.15) is 5.10 Å².